The van der Waals surface area contributed by atoms with Gasteiger partial charge in [0.25, 0.3) is 0 Å². The normalized spacial score (nSPS) is 26.2. The molecular weight excluding hydrogens is 190 g/mol. The third kappa shape index (κ3) is 2.83. The van der Waals surface area contributed by atoms with Crippen molar-refractivity contribution < 1.29 is 4.74 Å². The summed E-state index contributed by atoms with van der Waals surface area (Å²) in [7, 11) is 0. The number of hydrogen-bond donors (Lipinski definition) is 2. The molecule has 4 heteroatoms. The van der Waals surface area contributed by atoms with Crippen LogP contribution in [0.15, 0.2) is 18.3 Å². The molecule has 0 amide bonds. The first-order valence-corrected chi connectivity index (χ1v) is 5.33. The average molecular weight is 207 g/mol. The average Bonchev–Trinajstić information content (AvgIpc) is 2.17. The van der Waals surface area contributed by atoms with E-state index in [1.807, 2.05) is 6.07 Å². The molecule has 0 radical (unpaired) electrons. The van der Waals surface area contributed by atoms with Gasteiger partial charge in [0, 0.05) is 30.6 Å². The van der Waals surface area contributed by atoms with E-state index in [9.17, 15) is 0 Å². The topological polar surface area (TPSA) is 60.2 Å². The van der Waals surface area contributed by atoms with Crippen molar-refractivity contribution in [1.82, 2.24) is 4.98 Å². The van der Waals surface area contributed by atoms with E-state index in [4.69, 9.17) is 10.5 Å². The predicted molar refractivity (Wildman–Crippen MR) is 60.7 cm³/mol. The van der Waals surface area contributed by atoms with E-state index >= 15 is 0 Å². The molecule has 2 atom stereocenters. The summed E-state index contributed by atoms with van der Waals surface area (Å²) in [6.07, 6.45) is 4.11. The standard InChI is InChI=1S/C11H17N3O/c1-8-6-10(3-5-15-8)14-11-7-9(12)2-4-13-11/h2,4,7-8,10H,3,5-6H2,1H3,(H3,12,13,14). The van der Waals surface area contributed by atoms with E-state index in [-0.39, 0.29) is 0 Å². The molecule has 0 aromatic carbocycles. The fraction of sp³-hybridized carbons (Fsp3) is 0.545. The van der Waals surface area contributed by atoms with Crippen LogP contribution in [0.3, 0.4) is 0 Å². The number of nitrogens with one attached hydrogen (secondary N) is 1. The lowest BCUT2D eigenvalue weighted by atomic mass is 10.0. The minimum absolute atomic E-state index is 0.331. The molecule has 1 fully saturated rings. The van der Waals surface area contributed by atoms with E-state index in [2.05, 4.69) is 17.2 Å². The third-order valence-corrected chi connectivity index (χ3v) is 2.62. The van der Waals surface area contributed by atoms with Crippen molar-refractivity contribution in [3.05, 3.63) is 18.3 Å². The molecule has 4 nitrogen and oxygen atoms in total. The predicted octanol–water partition coefficient (Wildman–Crippen LogP) is 1.64. The van der Waals surface area contributed by atoms with Crippen molar-refractivity contribution >= 4 is 11.5 Å². The second-order valence-corrected chi connectivity index (χ2v) is 4.02. The lowest BCUT2D eigenvalue weighted by Gasteiger charge is -2.28. The van der Waals surface area contributed by atoms with Gasteiger partial charge in [-0.15, -0.1) is 0 Å². The van der Waals surface area contributed by atoms with Crippen molar-refractivity contribution in [2.75, 3.05) is 17.7 Å². The van der Waals surface area contributed by atoms with Crippen LogP contribution in [0.25, 0.3) is 0 Å². The molecule has 1 aliphatic heterocycles. The molecule has 0 aliphatic carbocycles. The number of nitrogens with zero attached hydrogens (tertiary/aromatic N) is 1. The van der Waals surface area contributed by atoms with Gasteiger partial charge in [0.05, 0.1) is 6.10 Å². The first kappa shape index (κ1) is 10.2. The summed E-state index contributed by atoms with van der Waals surface area (Å²) in [5.41, 5.74) is 6.43. The second kappa shape index (κ2) is 4.49. The maximum absolute atomic E-state index is 5.69. The van der Waals surface area contributed by atoms with E-state index < -0.39 is 0 Å². The summed E-state index contributed by atoms with van der Waals surface area (Å²) in [6.45, 7) is 2.92. The minimum Gasteiger partial charge on any atom is -0.399 e. The number of rotatable bonds is 2. The zero-order valence-corrected chi connectivity index (χ0v) is 8.94. The van der Waals surface area contributed by atoms with Crippen LogP contribution >= 0.6 is 0 Å². The molecule has 0 spiro atoms. The quantitative estimate of drug-likeness (QED) is 0.774. The van der Waals surface area contributed by atoms with Crippen LogP contribution in [0.1, 0.15) is 19.8 Å². The van der Waals surface area contributed by atoms with Gasteiger partial charge in [-0.05, 0) is 25.8 Å². The SMILES string of the molecule is CC1CC(Nc2cc(N)ccn2)CCO1. The Labute approximate surface area is 89.8 Å². The van der Waals surface area contributed by atoms with Crippen LogP contribution in [-0.2, 0) is 4.74 Å². The molecular formula is C11H17N3O. The Balaban J connectivity index is 1.96. The van der Waals surface area contributed by atoms with Crippen molar-refractivity contribution in [3.63, 3.8) is 0 Å². The zero-order valence-electron chi connectivity index (χ0n) is 8.94. The molecule has 1 saturated heterocycles. The highest BCUT2D eigenvalue weighted by atomic mass is 16.5. The number of aromatic nitrogens is 1. The Morgan fingerprint density at radius 3 is 3.20 bits per heavy atom. The Morgan fingerprint density at radius 1 is 1.60 bits per heavy atom. The van der Waals surface area contributed by atoms with Crippen LogP contribution in [0, 0.1) is 0 Å². The van der Waals surface area contributed by atoms with Gasteiger partial charge in [0.1, 0.15) is 5.82 Å². The van der Waals surface area contributed by atoms with Crippen molar-refractivity contribution in [1.29, 1.82) is 0 Å². The van der Waals surface area contributed by atoms with Crippen molar-refractivity contribution in [2.24, 2.45) is 0 Å². The fourth-order valence-corrected chi connectivity index (χ4v) is 1.86. The van der Waals surface area contributed by atoms with Gasteiger partial charge in [0.2, 0.25) is 0 Å². The molecule has 2 heterocycles. The number of anilines is 2. The van der Waals surface area contributed by atoms with E-state index in [0.717, 1.165) is 31.0 Å². The van der Waals surface area contributed by atoms with Crippen LogP contribution < -0.4 is 11.1 Å². The number of nitrogens with two attached hydrogens (primary N) is 1. The number of ether oxygens (including phenoxy) is 1. The second-order valence-electron chi connectivity index (χ2n) is 4.02. The zero-order chi connectivity index (χ0) is 10.7. The van der Waals surface area contributed by atoms with Gasteiger partial charge >= 0.3 is 0 Å². The molecule has 0 bridgehead atoms. The monoisotopic (exact) mass is 207 g/mol. The summed E-state index contributed by atoms with van der Waals surface area (Å²) < 4.78 is 5.48. The summed E-state index contributed by atoms with van der Waals surface area (Å²) in [5, 5.41) is 3.38. The molecule has 2 unspecified atom stereocenters. The van der Waals surface area contributed by atoms with Gasteiger partial charge in [0.15, 0.2) is 0 Å². The van der Waals surface area contributed by atoms with Gasteiger partial charge in [-0.25, -0.2) is 4.98 Å². The fourth-order valence-electron chi connectivity index (χ4n) is 1.86. The maximum atomic E-state index is 5.69. The molecule has 3 N–H and O–H groups in total. The highest BCUT2D eigenvalue weighted by molar-refractivity contribution is 5.48. The molecule has 0 saturated carbocycles. The maximum Gasteiger partial charge on any atom is 0.128 e. The van der Waals surface area contributed by atoms with Crippen molar-refractivity contribution in [2.45, 2.75) is 31.9 Å². The molecule has 1 aliphatic rings. The number of hydrogen-bond acceptors (Lipinski definition) is 4. The summed E-state index contributed by atoms with van der Waals surface area (Å²) >= 11 is 0. The Morgan fingerprint density at radius 2 is 2.47 bits per heavy atom. The van der Waals surface area contributed by atoms with Gasteiger partial charge in [-0.3, -0.25) is 0 Å². The molecule has 82 valence electrons. The minimum atomic E-state index is 0.331. The highest BCUT2D eigenvalue weighted by Gasteiger charge is 2.19. The summed E-state index contributed by atoms with van der Waals surface area (Å²) in [5.74, 6) is 0.856. The highest BCUT2D eigenvalue weighted by Crippen LogP contribution is 2.18. The third-order valence-electron chi connectivity index (χ3n) is 2.62. The van der Waals surface area contributed by atoms with Crippen LogP contribution in [0.4, 0.5) is 11.5 Å². The largest absolute Gasteiger partial charge is 0.399 e. The first-order chi connectivity index (χ1) is 7.24. The summed E-state index contributed by atoms with van der Waals surface area (Å²) in [4.78, 5) is 4.23. The number of pyridine rings is 1. The molecule has 15 heavy (non-hydrogen) atoms. The number of nitrogen functional groups attached to an aromatic ring is 1. The molecule has 2 rings (SSSR count). The first-order valence-electron chi connectivity index (χ1n) is 5.33. The Kier molecular flexibility index (Phi) is 3.06. The smallest absolute Gasteiger partial charge is 0.128 e. The lowest BCUT2D eigenvalue weighted by Crippen LogP contribution is -2.32. The Hall–Kier alpha value is -1.29. The van der Waals surface area contributed by atoms with Gasteiger partial charge in [-0.2, -0.15) is 0 Å². The summed E-state index contributed by atoms with van der Waals surface area (Å²) in [6, 6.07) is 4.10. The van der Waals surface area contributed by atoms with Gasteiger partial charge < -0.3 is 15.8 Å². The lowest BCUT2D eigenvalue weighted by molar-refractivity contribution is 0.0232. The molecule has 1 aromatic rings. The van der Waals surface area contributed by atoms with Crippen LogP contribution in [0.2, 0.25) is 0 Å². The van der Waals surface area contributed by atoms with E-state index in [1.165, 1.54) is 0 Å². The van der Waals surface area contributed by atoms with Gasteiger partial charge in [-0.1, -0.05) is 0 Å². The van der Waals surface area contributed by atoms with Crippen LogP contribution in [0.5, 0.6) is 0 Å². The molecule has 1 aromatic heterocycles. The Bertz CT molecular complexity index is 329. The van der Waals surface area contributed by atoms with Crippen molar-refractivity contribution in [3.8, 4) is 0 Å². The van der Waals surface area contributed by atoms with E-state index in [1.54, 1.807) is 12.3 Å². The van der Waals surface area contributed by atoms with E-state index in [0.29, 0.717) is 12.1 Å². The van der Waals surface area contributed by atoms with Crippen LogP contribution in [-0.4, -0.2) is 23.7 Å².